The maximum Gasteiger partial charge on any atom is 0.0957 e. The first-order valence-corrected chi connectivity index (χ1v) is 13.9. The molecule has 1 saturated heterocycles. The molecule has 0 unspecified atom stereocenters. The van der Waals surface area contributed by atoms with Crippen LogP contribution in [0.1, 0.15) is 99.8 Å². The highest BCUT2D eigenvalue weighted by Crippen LogP contribution is 2.79. The van der Waals surface area contributed by atoms with E-state index in [1.54, 1.807) is 0 Å². The molecule has 1 heterocycles. The number of aliphatic hydroxyl groups excluding tert-OH is 2. The molecule has 6 aliphatic rings. The quantitative estimate of drug-likeness (QED) is 0.431. The Bertz CT molecular complexity index is 891. The fraction of sp³-hybridized carbons (Fsp3) is 0.933. The smallest absolute Gasteiger partial charge is 0.0957 e. The second-order valence-electron chi connectivity index (χ2n) is 15.5. The van der Waals surface area contributed by atoms with Gasteiger partial charge >= 0.3 is 0 Å². The third-order valence-electron chi connectivity index (χ3n) is 13.6. The lowest BCUT2D eigenvalue weighted by molar-refractivity contribution is -0.256. The molecule has 0 aromatic rings. The van der Waals surface area contributed by atoms with E-state index >= 15 is 0 Å². The maximum absolute atomic E-state index is 11.8. The van der Waals surface area contributed by atoms with Crippen LogP contribution in [-0.2, 0) is 4.74 Å². The van der Waals surface area contributed by atoms with Crippen molar-refractivity contribution in [3.63, 3.8) is 0 Å². The minimum atomic E-state index is -0.265. The van der Waals surface area contributed by atoms with E-state index in [9.17, 15) is 10.2 Å². The summed E-state index contributed by atoms with van der Waals surface area (Å²) in [6.07, 6.45) is 13.3. The molecule has 5 aliphatic carbocycles. The van der Waals surface area contributed by atoms with Crippen molar-refractivity contribution in [3.8, 4) is 0 Å². The van der Waals surface area contributed by atoms with E-state index in [1.165, 1.54) is 12.8 Å². The summed E-state index contributed by atoms with van der Waals surface area (Å²) in [6.45, 7) is 17.8. The van der Waals surface area contributed by atoms with Crippen LogP contribution in [0.15, 0.2) is 12.2 Å². The summed E-state index contributed by atoms with van der Waals surface area (Å²) in [5, 5.41) is 22.7. The topological polar surface area (TPSA) is 49.7 Å². The van der Waals surface area contributed by atoms with Gasteiger partial charge in [-0.05, 0) is 84.9 Å². The van der Waals surface area contributed by atoms with Crippen LogP contribution >= 0.6 is 0 Å². The number of fused-ring (bicyclic) bond motifs is 4. The molecular weight excluding hydrogens is 408 g/mol. The molecule has 0 amide bonds. The zero-order chi connectivity index (χ0) is 23.9. The first-order chi connectivity index (χ1) is 15.2. The van der Waals surface area contributed by atoms with Crippen LogP contribution in [0.25, 0.3) is 0 Å². The summed E-state index contributed by atoms with van der Waals surface area (Å²) in [5.41, 5.74) is 0.154. The lowest BCUT2D eigenvalue weighted by atomic mass is 9.32. The van der Waals surface area contributed by atoms with Crippen molar-refractivity contribution in [2.24, 2.45) is 50.2 Å². The maximum atomic E-state index is 11.8. The second kappa shape index (κ2) is 6.30. The van der Waals surface area contributed by atoms with Crippen molar-refractivity contribution in [3.05, 3.63) is 12.2 Å². The molecule has 0 aromatic heterocycles. The van der Waals surface area contributed by atoms with Crippen LogP contribution in [0.3, 0.4) is 0 Å². The van der Waals surface area contributed by atoms with Crippen molar-refractivity contribution in [1.29, 1.82) is 0 Å². The molecule has 3 heteroatoms. The molecule has 0 radical (unpaired) electrons. The van der Waals surface area contributed by atoms with E-state index < -0.39 is 0 Å². The van der Waals surface area contributed by atoms with Crippen LogP contribution in [0.2, 0.25) is 0 Å². The zero-order valence-corrected chi connectivity index (χ0v) is 22.2. The van der Waals surface area contributed by atoms with Crippen molar-refractivity contribution in [2.45, 2.75) is 118 Å². The highest BCUT2D eigenvalue weighted by atomic mass is 16.5. The Labute approximate surface area is 201 Å². The van der Waals surface area contributed by atoms with Gasteiger partial charge in [0, 0.05) is 16.7 Å². The van der Waals surface area contributed by atoms with E-state index in [-0.39, 0.29) is 44.9 Å². The Kier molecular flexibility index (Phi) is 4.40. The predicted octanol–water partition coefficient (Wildman–Crippen LogP) is 6.13. The molecule has 2 N–H and O–H groups in total. The molecule has 6 rings (SSSR count). The van der Waals surface area contributed by atoms with Gasteiger partial charge in [0.25, 0.3) is 0 Å². The third kappa shape index (κ3) is 2.40. The molecule has 186 valence electrons. The van der Waals surface area contributed by atoms with Crippen LogP contribution in [0.5, 0.6) is 0 Å². The summed E-state index contributed by atoms with van der Waals surface area (Å²) < 4.78 is 7.03. The lowest BCUT2D eigenvalue weighted by Crippen LogP contribution is -2.72. The molecular formula is C30H48O3. The molecule has 2 bridgehead atoms. The Morgan fingerprint density at radius 2 is 1.52 bits per heavy atom. The molecule has 1 aliphatic heterocycles. The summed E-state index contributed by atoms with van der Waals surface area (Å²) in [7, 11) is 0. The molecule has 3 nitrogen and oxygen atoms in total. The SMILES string of the molecule is CC1(C)CC[C@]23CO[C@@]4(C=C[C@@H]5[C@@]6(C)CC[C@H](O)C(C)(C)[C@H]6CC[C@@]5(C)[C@]4(C)C[C@@H]2O)[C@H]3C1. The fourth-order valence-corrected chi connectivity index (χ4v) is 11.3. The van der Waals surface area contributed by atoms with E-state index in [1.807, 2.05) is 0 Å². The minimum absolute atomic E-state index is 0.0449. The Morgan fingerprint density at radius 1 is 0.788 bits per heavy atom. The van der Waals surface area contributed by atoms with Gasteiger partial charge < -0.3 is 14.9 Å². The molecule has 1 spiro atoms. The minimum Gasteiger partial charge on any atom is -0.393 e. The van der Waals surface area contributed by atoms with Crippen LogP contribution in [0, 0.1) is 50.2 Å². The number of ether oxygens (including phenoxy) is 1. The van der Waals surface area contributed by atoms with Crippen molar-refractivity contribution < 1.29 is 14.9 Å². The van der Waals surface area contributed by atoms with Gasteiger partial charge in [-0.2, -0.15) is 0 Å². The summed E-state index contributed by atoms with van der Waals surface area (Å²) in [4.78, 5) is 0. The lowest BCUT2D eigenvalue weighted by Gasteiger charge is -2.73. The number of hydrogen-bond donors (Lipinski definition) is 2. The third-order valence-corrected chi connectivity index (χ3v) is 13.6. The number of hydrogen-bond acceptors (Lipinski definition) is 3. The molecule has 5 fully saturated rings. The highest BCUT2D eigenvalue weighted by Gasteiger charge is 2.78. The normalized spacial score (nSPS) is 60.3. The van der Waals surface area contributed by atoms with Crippen molar-refractivity contribution in [1.82, 2.24) is 0 Å². The number of allylic oxidation sites excluding steroid dienone is 1. The van der Waals surface area contributed by atoms with Gasteiger partial charge in [-0.1, -0.05) is 60.6 Å². The highest BCUT2D eigenvalue weighted by molar-refractivity contribution is 5.35. The van der Waals surface area contributed by atoms with Crippen molar-refractivity contribution in [2.75, 3.05) is 6.61 Å². The van der Waals surface area contributed by atoms with E-state index in [0.717, 1.165) is 45.1 Å². The van der Waals surface area contributed by atoms with Gasteiger partial charge in [0.15, 0.2) is 0 Å². The van der Waals surface area contributed by atoms with Gasteiger partial charge in [-0.3, -0.25) is 0 Å². The van der Waals surface area contributed by atoms with Crippen molar-refractivity contribution >= 4 is 0 Å². The van der Waals surface area contributed by atoms with Gasteiger partial charge in [0.05, 0.1) is 24.4 Å². The average Bonchev–Trinajstić information content (AvgIpc) is 2.99. The summed E-state index contributed by atoms with van der Waals surface area (Å²) in [6, 6.07) is 0. The van der Waals surface area contributed by atoms with Crippen LogP contribution < -0.4 is 0 Å². The zero-order valence-electron chi connectivity index (χ0n) is 22.2. The first-order valence-electron chi connectivity index (χ1n) is 13.9. The van der Waals surface area contributed by atoms with Crippen LogP contribution in [-0.4, -0.2) is 34.6 Å². The number of aliphatic hydroxyl groups is 2. The first kappa shape index (κ1) is 23.0. The van der Waals surface area contributed by atoms with Gasteiger partial charge in [-0.15, -0.1) is 0 Å². The predicted molar refractivity (Wildman–Crippen MR) is 132 cm³/mol. The fourth-order valence-electron chi connectivity index (χ4n) is 11.3. The van der Waals surface area contributed by atoms with Crippen LogP contribution in [0.4, 0.5) is 0 Å². The van der Waals surface area contributed by atoms with Gasteiger partial charge in [0.1, 0.15) is 0 Å². The summed E-state index contributed by atoms with van der Waals surface area (Å²) >= 11 is 0. The molecule has 0 aromatic carbocycles. The Morgan fingerprint density at radius 3 is 2.24 bits per heavy atom. The second-order valence-corrected chi connectivity index (χ2v) is 15.5. The van der Waals surface area contributed by atoms with E-state index in [2.05, 4.69) is 60.6 Å². The standard InChI is InChI=1S/C30H48O3/c1-24(2)14-15-29-18-33-30(21(29)16-24)13-9-20-26(5)11-10-22(31)25(3,4)19(26)8-12-27(20,6)28(30,7)17-23(29)32/h9,13,19-23,31-32H,8,10-12,14-18H2,1-7H3/t19-,20-,21+,22+,23+,26+,27-,28+,29-,30+/m1/s1. The Balaban J connectivity index is 1.50. The van der Waals surface area contributed by atoms with E-state index in [0.29, 0.717) is 23.2 Å². The molecule has 33 heavy (non-hydrogen) atoms. The molecule has 4 saturated carbocycles. The average molecular weight is 457 g/mol. The number of rotatable bonds is 0. The van der Waals surface area contributed by atoms with E-state index in [4.69, 9.17) is 4.74 Å². The molecule has 10 atom stereocenters. The monoisotopic (exact) mass is 456 g/mol. The summed E-state index contributed by atoms with van der Waals surface area (Å²) in [5.74, 6) is 1.40. The Hall–Kier alpha value is -0.380. The van der Waals surface area contributed by atoms with Gasteiger partial charge in [0.2, 0.25) is 0 Å². The van der Waals surface area contributed by atoms with Gasteiger partial charge in [-0.25, -0.2) is 0 Å². The largest absolute Gasteiger partial charge is 0.393 e.